The fourth-order valence-electron chi connectivity index (χ4n) is 2.63. The Bertz CT molecular complexity index is 667. The number of fused-ring (bicyclic) bond motifs is 1. The molecule has 1 aromatic carbocycles. The summed E-state index contributed by atoms with van der Waals surface area (Å²) < 4.78 is 0. The van der Waals surface area contributed by atoms with Gasteiger partial charge in [0, 0.05) is 25.3 Å². The van der Waals surface area contributed by atoms with Gasteiger partial charge in [-0.25, -0.2) is 4.79 Å². The summed E-state index contributed by atoms with van der Waals surface area (Å²) in [4.78, 5) is 17.8. The standard InChI is InChI=1S/C16H16N2O2/c1-11-3-2-4-15(17-11)10-18-8-13-6-5-12(16(19)20)7-14(13)9-18/h2-7H,8-10H2,1H3,(H,19,20). The molecule has 102 valence electrons. The highest BCUT2D eigenvalue weighted by atomic mass is 16.4. The van der Waals surface area contributed by atoms with E-state index in [-0.39, 0.29) is 0 Å². The molecule has 4 heteroatoms. The summed E-state index contributed by atoms with van der Waals surface area (Å²) in [6.07, 6.45) is 0. The minimum absolute atomic E-state index is 0.360. The average molecular weight is 268 g/mol. The van der Waals surface area contributed by atoms with Gasteiger partial charge in [0.25, 0.3) is 0 Å². The third-order valence-corrected chi connectivity index (χ3v) is 3.57. The Morgan fingerprint density at radius 1 is 1.25 bits per heavy atom. The number of carboxylic acids is 1. The highest BCUT2D eigenvalue weighted by molar-refractivity contribution is 5.87. The third-order valence-electron chi connectivity index (χ3n) is 3.57. The molecule has 0 atom stereocenters. The Hall–Kier alpha value is -2.20. The molecule has 1 aromatic heterocycles. The van der Waals surface area contributed by atoms with Crippen LogP contribution in [-0.2, 0) is 19.6 Å². The zero-order chi connectivity index (χ0) is 14.1. The summed E-state index contributed by atoms with van der Waals surface area (Å²) in [5.41, 5.74) is 4.75. The van der Waals surface area contributed by atoms with Crippen LogP contribution in [0.4, 0.5) is 0 Å². The van der Waals surface area contributed by atoms with E-state index in [1.807, 2.05) is 31.2 Å². The fourth-order valence-corrected chi connectivity index (χ4v) is 2.63. The van der Waals surface area contributed by atoms with Crippen molar-refractivity contribution >= 4 is 5.97 Å². The highest BCUT2D eigenvalue weighted by Crippen LogP contribution is 2.25. The molecule has 3 rings (SSSR count). The van der Waals surface area contributed by atoms with Gasteiger partial charge in [0.15, 0.2) is 0 Å². The Balaban J connectivity index is 1.75. The lowest BCUT2D eigenvalue weighted by atomic mass is 10.1. The lowest BCUT2D eigenvalue weighted by molar-refractivity contribution is 0.0696. The molecule has 0 amide bonds. The molecule has 0 spiro atoms. The molecule has 2 aromatic rings. The van der Waals surface area contributed by atoms with Crippen LogP contribution in [0.3, 0.4) is 0 Å². The van der Waals surface area contributed by atoms with Gasteiger partial charge in [0.2, 0.25) is 0 Å². The summed E-state index contributed by atoms with van der Waals surface area (Å²) in [7, 11) is 0. The van der Waals surface area contributed by atoms with Gasteiger partial charge in [-0.05, 0) is 42.3 Å². The van der Waals surface area contributed by atoms with E-state index in [2.05, 4.69) is 9.88 Å². The highest BCUT2D eigenvalue weighted by Gasteiger charge is 2.20. The minimum Gasteiger partial charge on any atom is -0.478 e. The zero-order valence-electron chi connectivity index (χ0n) is 11.3. The molecular formula is C16H16N2O2. The maximum atomic E-state index is 11.0. The molecule has 20 heavy (non-hydrogen) atoms. The lowest BCUT2D eigenvalue weighted by Gasteiger charge is -2.14. The Morgan fingerprint density at radius 3 is 2.80 bits per heavy atom. The molecule has 0 radical (unpaired) electrons. The SMILES string of the molecule is Cc1cccc(CN2Cc3ccc(C(=O)O)cc3C2)n1. The van der Waals surface area contributed by atoms with E-state index in [0.717, 1.165) is 36.6 Å². The van der Waals surface area contributed by atoms with Crippen molar-refractivity contribution in [1.82, 2.24) is 9.88 Å². The first kappa shape index (κ1) is 12.8. The smallest absolute Gasteiger partial charge is 0.335 e. The molecule has 1 N–H and O–H groups in total. The van der Waals surface area contributed by atoms with Crippen LogP contribution in [-0.4, -0.2) is 21.0 Å². The van der Waals surface area contributed by atoms with Gasteiger partial charge >= 0.3 is 5.97 Å². The Labute approximate surface area is 117 Å². The van der Waals surface area contributed by atoms with E-state index in [1.165, 1.54) is 5.56 Å². The van der Waals surface area contributed by atoms with Crippen LogP contribution in [0, 0.1) is 6.92 Å². The number of hydrogen-bond donors (Lipinski definition) is 1. The summed E-state index contributed by atoms with van der Waals surface area (Å²) in [5, 5.41) is 9.02. The van der Waals surface area contributed by atoms with Crippen molar-refractivity contribution in [1.29, 1.82) is 0 Å². The first-order valence-electron chi connectivity index (χ1n) is 6.62. The molecule has 0 bridgehead atoms. The topological polar surface area (TPSA) is 53.4 Å². The fraction of sp³-hybridized carbons (Fsp3) is 0.250. The van der Waals surface area contributed by atoms with Gasteiger partial charge in [-0.2, -0.15) is 0 Å². The predicted octanol–water partition coefficient (Wildman–Crippen LogP) is 2.60. The van der Waals surface area contributed by atoms with Crippen LogP contribution >= 0.6 is 0 Å². The van der Waals surface area contributed by atoms with Crippen LogP contribution in [0.15, 0.2) is 36.4 Å². The molecule has 0 saturated heterocycles. The number of rotatable bonds is 3. The maximum Gasteiger partial charge on any atom is 0.335 e. The number of carboxylic acid groups (broad SMARTS) is 1. The number of pyridine rings is 1. The summed E-state index contributed by atoms with van der Waals surface area (Å²) in [6, 6.07) is 11.4. The second-order valence-corrected chi connectivity index (χ2v) is 5.20. The molecule has 1 aliphatic heterocycles. The number of aryl methyl sites for hydroxylation is 1. The Kier molecular flexibility index (Phi) is 3.24. The van der Waals surface area contributed by atoms with Crippen LogP contribution in [0.25, 0.3) is 0 Å². The molecule has 0 saturated carbocycles. The van der Waals surface area contributed by atoms with Crippen molar-refractivity contribution < 1.29 is 9.90 Å². The summed E-state index contributed by atoms with van der Waals surface area (Å²) in [5.74, 6) is -0.869. The van der Waals surface area contributed by atoms with Crippen LogP contribution in [0.1, 0.15) is 32.9 Å². The first-order chi connectivity index (χ1) is 9.61. The van der Waals surface area contributed by atoms with E-state index >= 15 is 0 Å². The van der Waals surface area contributed by atoms with E-state index < -0.39 is 5.97 Å². The van der Waals surface area contributed by atoms with Crippen molar-refractivity contribution in [2.24, 2.45) is 0 Å². The molecule has 4 nitrogen and oxygen atoms in total. The van der Waals surface area contributed by atoms with E-state index in [9.17, 15) is 4.79 Å². The van der Waals surface area contributed by atoms with Crippen molar-refractivity contribution in [3.8, 4) is 0 Å². The van der Waals surface area contributed by atoms with Gasteiger partial charge in [-0.15, -0.1) is 0 Å². The second-order valence-electron chi connectivity index (χ2n) is 5.20. The average Bonchev–Trinajstić information content (AvgIpc) is 2.79. The monoisotopic (exact) mass is 268 g/mol. The normalized spacial score (nSPS) is 14.2. The second kappa shape index (κ2) is 5.06. The van der Waals surface area contributed by atoms with Crippen LogP contribution in [0.5, 0.6) is 0 Å². The first-order valence-corrected chi connectivity index (χ1v) is 6.62. The van der Waals surface area contributed by atoms with Crippen molar-refractivity contribution in [2.75, 3.05) is 0 Å². The number of nitrogens with zero attached hydrogens (tertiary/aromatic N) is 2. The van der Waals surface area contributed by atoms with Crippen molar-refractivity contribution in [3.63, 3.8) is 0 Å². The maximum absolute atomic E-state index is 11.0. The van der Waals surface area contributed by atoms with Gasteiger partial charge in [-0.3, -0.25) is 9.88 Å². The molecule has 0 unspecified atom stereocenters. The van der Waals surface area contributed by atoms with Crippen LogP contribution < -0.4 is 0 Å². The van der Waals surface area contributed by atoms with Crippen LogP contribution in [0.2, 0.25) is 0 Å². The van der Waals surface area contributed by atoms with E-state index in [4.69, 9.17) is 5.11 Å². The number of aromatic carboxylic acids is 1. The molecule has 0 aliphatic carbocycles. The largest absolute Gasteiger partial charge is 0.478 e. The van der Waals surface area contributed by atoms with Crippen molar-refractivity contribution in [2.45, 2.75) is 26.6 Å². The molecular weight excluding hydrogens is 252 g/mol. The van der Waals surface area contributed by atoms with Gasteiger partial charge in [0.05, 0.1) is 11.3 Å². The number of hydrogen-bond acceptors (Lipinski definition) is 3. The van der Waals surface area contributed by atoms with Gasteiger partial charge in [-0.1, -0.05) is 12.1 Å². The summed E-state index contributed by atoms with van der Waals surface area (Å²) in [6.45, 7) is 4.41. The summed E-state index contributed by atoms with van der Waals surface area (Å²) >= 11 is 0. The molecule has 2 heterocycles. The number of benzene rings is 1. The molecule has 0 fully saturated rings. The van der Waals surface area contributed by atoms with Crippen molar-refractivity contribution in [3.05, 3.63) is 64.5 Å². The van der Waals surface area contributed by atoms with E-state index in [1.54, 1.807) is 12.1 Å². The number of aromatic nitrogens is 1. The third kappa shape index (κ3) is 2.56. The van der Waals surface area contributed by atoms with Gasteiger partial charge in [0.1, 0.15) is 0 Å². The predicted molar refractivity (Wildman–Crippen MR) is 75.3 cm³/mol. The van der Waals surface area contributed by atoms with E-state index in [0.29, 0.717) is 5.56 Å². The lowest BCUT2D eigenvalue weighted by Crippen LogP contribution is -2.16. The minimum atomic E-state index is -0.869. The zero-order valence-corrected chi connectivity index (χ0v) is 11.3. The number of carbonyl (C=O) groups is 1. The quantitative estimate of drug-likeness (QED) is 0.929. The van der Waals surface area contributed by atoms with Gasteiger partial charge < -0.3 is 5.11 Å². The molecule has 1 aliphatic rings. The Morgan fingerprint density at radius 2 is 2.05 bits per heavy atom.